The zero-order chi connectivity index (χ0) is 9.10. The third-order valence-electron chi connectivity index (χ3n) is 2.46. The average molecular weight is 196 g/mol. The Bertz CT molecular complexity index is 280. The third-order valence-corrected chi connectivity index (χ3v) is 3.42. The van der Waals surface area contributed by atoms with E-state index in [0.717, 1.165) is 13.0 Å². The Morgan fingerprint density at radius 3 is 3.31 bits per heavy atom. The molecule has 2 heterocycles. The van der Waals surface area contributed by atoms with E-state index >= 15 is 0 Å². The van der Waals surface area contributed by atoms with Gasteiger partial charge in [0.25, 0.3) is 0 Å². The number of imidazole rings is 1. The van der Waals surface area contributed by atoms with Crippen molar-refractivity contribution in [3.63, 3.8) is 0 Å². The van der Waals surface area contributed by atoms with Crippen LogP contribution >= 0.6 is 11.8 Å². The molecule has 0 radical (unpaired) electrons. The van der Waals surface area contributed by atoms with Crippen LogP contribution in [0.25, 0.3) is 0 Å². The number of hydrogen-bond acceptors (Lipinski definition) is 2. The molecule has 0 saturated carbocycles. The minimum Gasteiger partial charge on any atom is -0.331 e. The highest BCUT2D eigenvalue weighted by Gasteiger charge is 2.11. The lowest BCUT2D eigenvalue weighted by molar-refractivity contribution is 0.669. The molecule has 1 aromatic rings. The summed E-state index contributed by atoms with van der Waals surface area (Å²) in [5, 5.41) is 0. The van der Waals surface area contributed by atoms with Gasteiger partial charge in [0.1, 0.15) is 5.82 Å². The van der Waals surface area contributed by atoms with E-state index in [1.807, 2.05) is 0 Å². The maximum Gasteiger partial charge on any atom is 0.108 e. The number of fused-ring (bicyclic) bond motifs is 1. The maximum atomic E-state index is 4.48. The number of rotatable bonds is 2. The monoisotopic (exact) mass is 196 g/mol. The normalized spacial score (nSPS) is 16.7. The van der Waals surface area contributed by atoms with Crippen molar-refractivity contribution in [2.45, 2.75) is 32.7 Å². The van der Waals surface area contributed by atoms with Crippen LogP contribution < -0.4 is 0 Å². The summed E-state index contributed by atoms with van der Waals surface area (Å²) in [5.41, 5.74) is 1.44. The van der Waals surface area contributed by atoms with Crippen LogP contribution in [0.3, 0.4) is 0 Å². The number of aryl methyl sites for hydroxylation is 2. The van der Waals surface area contributed by atoms with Crippen LogP contribution in [0.5, 0.6) is 0 Å². The van der Waals surface area contributed by atoms with Gasteiger partial charge in [-0.15, -0.1) is 0 Å². The minimum atomic E-state index is 1.13. The largest absolute Gasteiger partial charge is 0.331 e. The Kier molecular flexibility index (Phi) is 2.94. The molecular weight excluding hydrogens is 180 g/mol. The SMILES string of the molecule is CCCc1ncc2n1CCSCC2. The zero-order valence-corrected chi connectivity index (χ0v) is 8.94. The van der Waals surface area contributed by atoms with Gasteiger partial charge in [-0.2, -0.15) is 11.8 Å². The third kappa shape index (κ3) is 1.90. The van der Waals surface area contributed by atoms with E-state index in [1.165, 1.54) is 35.9 Å². The number of aromatic nitrogens is 2. The summed E-state index contributed by atoms with van der Waals surface area (Å²) >= 11 is 2.06. The second-order valence-corrected chi connectivity index (χ2v) is 4.65. The van der Waals surface area contributed by atoms with E-state index in [4.69, 9.17) is 0 Å². The van der Waals surface area contributed by atoms with Crippen LogP contribution in [-0.2, 0) is 19.4 Å². The van der Waals surface area contributed by atoms with Gasteiger partial charge in [0.15, 0.2) is 0 Å². The molecule has 1 aromatic heterocycles. The fourth-order valence-corrected chi connectivity index (χ4v) is 2.65. The summed E-state index contributed by atoms with van der Waals surface area (Å²) in [4.78, 5) is 4.48. The molecule has 0 N–H and O–H groups in total. The van der Waals surface area contributed by atoms with E-state index in [1.54, 1.807) is 0 Å². The molecule has 1 aliphatic heterocycles. The van der Waals surface area contributed by atoms with Crippen molar-refractivity contribution in [3.8, 4) is 0 Å². The van der Waals surface area contributed by atoms with Crippen molar-refractivity contribution in [2.75, 3.05) is 11.5 Å². The van der Waals surface area contributed by atoms with Crippen molar-refractivity contribution in [2.24, 2.45) is 0 Å². The van der Waals surface area contributed by atoms with Crippen LogP contribution in [-0.4, -0.2) is 21.1 Å². The molecule has 0 amide bonds. The van der Waals surface area contributed by atoms with Crippen LogP contribution in [0.2, 0.25) is 0 Å². The summed E-state index contributed by atoms with van der Waals surface area (Å²) in [7, 11) is 0. The number of hydrogen-bond donors (Lipinski definition) is 0. The highest BCUT2D eigenvalue weighted by atomic mass is 32.2. The van der Waals surface area contributed by atoms with Gasteiger partial charge < -0.3 is 4.57 Å². The molecule has 13 heavy (non-hydrogen) atoms. The molecule has 0 saturated heterocycles. The molecule has 1 aliphatic rings. The highest BCUT2D eigenvalue weighted by Crippen LogP contribution is 2.16. The Morgan fingerprint density at radius 1 is 1.54 bits per heavy atom. The van der Waals surface area contributed by atoms with Crippen molar-refractivity contribution in [3.05, 3.63) is 17.7 Å². The van der Waals surface area contributed by atoms with Gasteiger partial charge in [-0.3, -0.25) is 0 Å². The van der Waals surface area contributed by atoms with Crippen molar-refractivity contribution >= 4 is 11.8 Å². The standard InChI is InChI=1S/C10H16N2S/c1-2-3-10-11-8-9-4-6-13-7-5-12(9)10/h8H,2-7H2,1H3. The maximum absolute atomic E-state index is 4.48. The van der Waals surface area contributed by atoms with Crippen LogP contribution in [0, 0.1) is 0 Å². The minimum absolute atomic E-state index is 1.13. The summed E-state index contributed by atoms with van der Waals surface area (Å²) in [5.74, 6) is 3.80. The second kappa shape index (κ2) is 4.18. The molecule has 0 unspecified atom stereocenters. The summed E-state index contributed by atoms with van der Waals surface area (Å²) in [6.45, 7) is 3.38. The first-order valence-corrected chi connectivity index (χ1v) is 6.18. The lowest BCUT2D eigenvalue weighted by atomic mass is 10.3. The Morgan fingerprint density at radius 2 is 2.46 bits per heavy atom. The smallest absolute Gasteiger partial charge is 0.108 e. The molecule has 0 fully saturated rings. The Balaban J connectivity index is 2.23. The van der Waals surface area contributed by atoms with Gasteiger partial charge in [-0.05, 0) is 18.6 Å². The van der Waals surface area contributed by atoms with E-state index in [0.29, 0.717) is 0 Å². The molecular formula is C10H16N2S. The van der Waals surface area contributed by atoms with E-state index in [9.17, 15) is 0 Å². The van der Waals surface area contributed by atoms with Crippen LogP contribution in [0.1, 0.15) is 24.9 Å². The Hall–Kier alpha value is -0.440. The van der Waals surface area contributed by atoms with E-state index < -0.39 is 0 Å². The van der Waals surface area contributed by atoms with Gasteiger partial charge in [-0.25, -0.2) is 4.98 Å². The average Bonchev–Trinajstić information content (AvgIpc) is 2.38. The van der Waals surface area contributed by atoms with Gasteiger partial charge in [0.05, 0.1) is 0 Å². The Labute approximate surface area is 83.7 Å². The molecule has 0 aliphatic carbocycles. The van der Waals surface area contributed by atoms with Gasteiger partial charge in [0.2, 0.25) is 0 Å². The quantitative estimate of drug-likeness (QED) is 0.721. The highest BCUT2D eigenvalue weighted by molar-refractivity contribution is 7.99. The van der Waals surface area contributed by atoms with Crippen LogP contribution in [0.15, 0.2) is 6.20 Å². The van der Waals surface area contributed by atoms with Crippen molar-refractivity contribution in [1.29, 1.82) is 0 Å². The molecule has 0 spiro atoms. The molecule has 0 bridgehead atoms. The molecule has 72 valence electrons. The second-order valence-electron chi connectivity index (χ2n) is 3.43. The van der Waals surface area contributed by atoms with Crippen molar-refractivity contribution < 1.29 is 0 Å². The topological polar surface area (TPSA) is 17.8 Å². The van der Waals surface area contributed by atoms with Crippen LogP contribution in [0.4, 0.5) is 0 Å². The van der Waals surface area contributed by atoms with Gasteiger partial charge >= 0.3 is 0 Å². The summed E-state index contributed by atoms with van der Waals surface area (Å²) in [6, 6.07) is 0. The zero-order valence-electron chi connectivity index (χ0n) is 8.12. The van der Waals surface area contributed by atoms with Gasteiger partial charge in [-0.1, -0.05) is 6.92 Å². The summed E-state index contributed by atoms with van der Waals surface area (Å²) < 4.78 is 2.42. The van der Waals surface area contributed by atoms with Gasteiger partial charge in [0, 0.05) is 30.6 Å². The van der Waals surface area contributed by atoms with Crippen molar-refractivity contribution in [1.82, 2.24) is 9.55 Å². The number of thioether (sulfide) groups is 1. The molecule has 2 nitrogen and oxygen atoms in total. The molecule has 0 atom stereocenters. The molecule has 2 rings (SSSR count). The van der Waals surface area contributed by atoms with E-state index in [2.05, 4.69) is 34.4 Å². The summed E-state index contributed by atoms with van der Waals surface area (Å²) in [6.07, 6.45) is 5.59. The number of nitrogens with zero attached hydrogens (tertiary/aromatic N) is 2. The first kappa shape index (κ1) is 9.13. The fraction of sp³-hybridized carbons (Fsp3) is 0.700. The lowest BCUT2D eigenvalue weighted by Gasteiger charge is -2.06. The predicted molar refractivity (Wildman–Crippen MR) is 57.3 cm³/mol. The predicted octanol–water partition coefficient (Wildman–Crippen LogP) is 2.12. The first-order valence-electron chi connectivity index (χ1n) is 5.03. The fourth-order valence-electron chi connectivity index (χ4n) is 1.78. The molecule has 3 heteroatoms. The first-order chi connectivity index (χ1) is 6.42. The van der Waals surface area contributed by atoms with E-state index in [-0.39, 0.29) is 0 Å². The molecule has 0 aromatic carbocycles. The lowest BCUT2D eigenvalue weighted by Crippen LogP contribution is -2.07.